The summed E-state index contributed by atoms with van der Waals surface area (Å²) in [6.07, 6.45) is 7.58. The Morgan fingerprint density at radius 2 is 1.56 bits per heavy atom. The summed E-state index contributed by atoms with van der Waals surface area (Å²) in [6, 6.07) is 13.5. The van der Waals surface area contributed by atoms with Crippen LogP contribution in [-0.4, -0.2) is 19.3 Å². The van der Waals surface area contributed by atoms with E-state index in [0.717, 1.165) is 6.42 Å². The predicted octanol–water partition coefficient (Wildman–Crippen LogP) is 5.40. The zero-order valence-electron chi connectivity index (χ0n) is 15.5. The lowest BCUT2D eigenvalue weighted by atomic mass is 9.84. The number of nitrogens with zero attached hydrogens (tertiary/aromatic N) is 1. The molecule has 0 N–H and O–H groups in total. The Morgan fingerprint density at radius 1 is 0.852 bits per heavy atom. The smallest absolute Gasteiger partial charge is 0.207 e. The van der Waals surface area contributed by atoms with Crippen molar-refractivity contribution in [3.05, 3.63) is 65.5 Å². The summed E-state index contributed by atoms with van der Waals surface area (Å²) in [7, 11) is -3.63. The summed E-state index contributed by atoms with van der Waals surface area (Å²) in [5.74, 6) is 0.214. The molecule has 0 amide bonds. The van der Waals surface area contributed by atoms with Gasteiger partial charge in [-0.2, -0.15) is 4.31 Å². The van der Waals surface area contributed by atoms with Crippen LogP contribution in [0.2, 0.25) is 0 Å². The van der Waals surface area contributed by atoms with Gasteiger partial charge in [-0.15, -0.1) is 0 Å². The maximum Gasteiger partial charge on any atom is 0.243 e. The Kier molecular flexibility index (Phi) is 5.33. The van der Waals surface area contributed by atoms with Crippen molar-refractivity contribution in [2.75, 3.05) is 6.54 Å². The van der Waals surface area contributed by atoms with E-state index in [1.165, 1.54) is 48.0 Å². The molecule has 2 aromatic carbocycles. The fourth-order valence-electron chi connectivity index (χ4n) is 4.57. The average molecular weight is 388 g/mol. The molecule has 1 atom stereocenters. The van der Waals surface area contributed by atoms with E-state index in [-0.39, 0.29) is 5.82 Å². The zero-order valence-corrected chi connectivity index (χ0v) is 16.3. The lowest BCUT2D eigenvalue weighted by Crippen LogP contribution is -2.31. The van der Waals surface area contributed by atoms with E-state index >= 15 is 0 Å². The molecule has 1 saturated heterocycles. The highest BCUT2D eigenvalue weighted by Crippen LogP contribution is 2.38. The predicted molar refractivity (Wildman–Crippen MR) is 105 cm³/mol. The second kappa shape index (κ2) is 7.72. The molecule has 1 aliphatic heterocycles. The summed E-state index contributed by atoms with van der Waals surface area (Å²) >= 11 is 0. The molecular formula is C22H26FNO2S. The summed E-state index contributed by atoms with van der Waals surface area (Å²) in [4.78, 5) is 0.310. The first-order chi connectivity index (χ1) is 13.1. The maximum atomic E-state index is 14.2. The summed E-state index contributed by atoms with van der Waals surface area (Å²) < 4.78 is 42.2. The first-order valence-electron chi connectivity index (χ1n) is 9.93. The van der Waals surface area contributed by atoms with Gasteiger partial charge in [-0.3, -0.25) is 0 Å². The monoisotopic (exact) mass is 387 g/mol. The minimum absolute atomic E-state index is 0.310. The molecule has 2 fully saturated rings. The third kappa shape index (κ3) is 3.67. The number of rotatable bonds is 4. The van der Waals surface area contributed by atoms with E-state index in [1.54, 1.807) is 30.3 Å². The van der Waals surface area contributed by atoms with Gasteiger partial charge in [0.25, 0.3) is 0 Å². The zero-order chi connectivity index (χ0) is 18.9. The molecule has 144 valence electrons. The van der Waals surface area contributed by atoms with Crippen molar-refractivity contribution in [1.82, 2.24) is 4.31 Å². The average Bonchev–Trinajstić information content (AvgIpc) is 3.20. The van der Waals surface area contributed by atoms with Crippen LogP contribution in [0, 0.1) is 5.82 Å². The van der Waals surface area contributed by atoms with Gasteiger partial charge < -0.3 is 0 Å². The van der Waals surface area contributed by atoms with Crippen molar-refractivity contribution in [1.29, 1.82) is 0 Å². The van der Waals surface area contributed by atoms with E-state index in [1.807, 2.05) is 12.1 Å². The third-order valence-corrected chi connectivity index (χ3v) is 7.95. The van der Waals surface area contributed by atoms with Crippen molar-refractivity contribution in [3.8, 4) is 0 Å². The topological polar surface area (TPSA) is 37.4 Å². The van der Waals surface area contributed by atoms with Crippen LogP contribution in [0.4, 0.5) is 4.39 Å². The van der Waals surface area contributed by atoms with Gasteiger partial charge in [0.15, 0.2) is 0 Å². The molecule has 3 nitrogen and oxygen atoms in total. The van der Waals surface area contributed by atoms with Crippen LogP contribution < -0.4 is 0 Å². The van der Waals surface area contributed by atoms with Gasteiger partial charge in [0.05, 0.1) is 10.9 Å². The standard InChI is InChI=1S/C22H26FNO2S/c23-21-10-5-4-9-20(21)22-11-6-16-24(22)27(25,26)19-14-12-18(13-15-19)17-7-2-1-3-8-17/h4-5,9-10,12-15,17,22H,1-3,6-8,11,16H2/t22-/m0/s1. The van der Waals surface area contributed by atoms with Crippen LogP contribution in [0.15, 0.2) is 53.4 Å². The van der Waals surface area contributed by atoms with Crippen molar-refractivity contribution < 1.29 is 12.8 Å². The molecule has 1 aliphatic carbocycles. The maximum absolute atomic E-state index is 14.2. The van der Waals surface area contributed by atoms with Gasteiger partial charge in [0, 0.05) is 12.1 Å². The van der Waals surface area contributed by atoms with Crippen molar-refractivity contribution in [3.63, 3.8) is 0 Å². The van der Waals surface area contributed by atoms with Gasteiger partial charge in [-0.05, 0) is 55.4 Å². The molecule has 5 heteroatoms. The number of halogens is 1. The molecule has 2 aliphatic rings. The molecule has 0 spiro atoms. The van der Waals surface area contributed by atoms with Crippen LogP contribution >= 0.6 is 0 Å². The number of hydrogen-bond donors (Lipinski definition) is 0. The van der Waals surface area contributed by atoms with Gasteiger partial charge in [0.1, 0.15) is 5.82 Å². The van der Waals surface area contributed by atoms with Crippen molar-refractivity contribution in [2.24, 2.45) is 0 Å². The molecule has 2 aromatic rings. The quantitative estimate of drug-likeness (QED) is 0.704. The van der Waals surface area contributed by atoms with Gasteiger partial charge in [0.2, 0.25) is 10.0 Å². The highest BCUT2D eigenvalue weighted by Gasteiger charge is 2.37. The van der Waals surface area contributed by atoms with Crippen LogP contribution in [0.25, 0.3) is 0 Å². The first kappa shape index (κ1) is 18.6. The van der Waals surface area contributed by atoms with Crippen molar-refractivity contribution >= 4 is 10.0 Å². The fraction of sp³-hybridized carbons (Fsp3) is 0.455. The normalized spacial score (nSPS) is 22.2. The second-order valence-corrected chi connectivity index (χ2v) is 9.59. The minimum Gasteiger partial charge on any atom is -0.207 e. The van der Waals surface area contributed by atoms with Crippen LogP contribution in [-0.2, 0) is 10.0 Å². The highest BCUT2D eigenvalue weighted by molar-refractivity contribution is 7.89. The molecule has 1 heterocycles. The first-order valence-corrected chi connectivity index (χ1v) is 11.4. The molecule has 27 heavy (non-hydrogen) atoms. The van der Waals surface area contributed by atoms with E-state index in [4.69, 9.17) is 0 Å². The van der Waals surface area contributed by atoms with E-state index in [2.05, 4.69) is 0 Å². The Balaban J connectivity index is 1.59. The molecule has 4 rings (SSSR count). The summed E-state index contributed by atoms with van der Waals surface area (Å²) in [5, 5.41) is 0. The van der Waals surface area contributed by atoms with Crippen LogP contribution in [0.3, 0.4) is 0 Å². The Morgan fingerprint density at radius 3 is 2.26 bits per heavy atom. The lowest BCUT2D eigenvalue weighted by Gasteiger charge is -2.25. The number of hydrogen-bond acceptors (Lipinski definition) is 2. The van der Waals surface area contributed by atoms with Gasteiger partial charge in [-0.25, -0.2) is 12.8 Å². The molecule has 0 aromatic heterocycles. The molecule has 0 unspecified atom stereocenters. The Bertz CT molecular complexity index is 889. The largest absolute Gasteiger partial charge is 0.243 e. The molecular weight excluding hydrogens is 361 g/mol. The molecule has 1 saturated carbocycles. The SMILES string of the molecule is O=S(=O)(c1ccc(C2CCCCC2)cc1)N1CCC[C@H]1c1ccccc1F. The molecule has 0 bridgehead atoms. The highest BCUT2D eigenvalue weighted by atomic mass is 32.2. The van der Waals surface area contributed by atoms with Gasteiger partial charge >= 0.3 is 0 Å². The molecule has 0 radical (unpaired) electrons. The Hall–Kier alpha value is -1.72. The Labute approximate surface area is 161 Å². The van der Waals surface area contributed by atoms with Crippen molar-refractivity contribution in [2.45, 2.75) is 61.8 Å². The van der Waals surface area contributed by atoms with E-state index in [0.29, 0.717) is 29.3 Å². The fourth-order valence-corrected chi connectivity index (χ4v) is 6.24. The second-order valence-electron chi connectivity index (χ2n) is 7.70. The van der Waals surface area contributed by atoms with Crippen LogP contribution in [0.1, 0.15) is 68.0 Å². The van der Waals surface area contributed by atoms with E-state index in [9.17, 15) is 12.8 Å². The summed E-state index contributed by atoms with van der Waals surface area (Å²) in [6.45, 7) is 0.436. The third-order valence-electron chi connectivity index (χ3n) is 6.03. The number of benzene rings is 2. The minimum atomic E-state index is -3.63. The van der Waals surface area contributed by atoms with E-state index < -0.39 is 16.1 Å². The lowest BCUT2D eigenvalue weighted by molar-refractivity contribution is 0.386. The number of sulfonamides is 1. The summed E-state index contributed by atoms with van der Waals surface area (Å²) in [5.41, 5.74) is 1.71. The van der Waals surface area contributed by atoms with Crippen LogP contribution in [0.5, 0.6) is 0 Å². The van der Waals surface area contributed by atoms with Gasteiger partial charge in [-0.1, -0.05) is 49.6 Å².